The van der Waals surface area contributed by atoms with Crippen LogP contribution in [0.2, 0.25) is 0 Å². The van der Waals surface area contributed by atoms with Gasteiger partial charge in [-0.15, -0.1) is 0 Å². The van der Waals surface area contributed by atoms with E-state index in [1.807, 2.05) is 36.7 Å². The number of hydrogen-bond acceptors (Lipinski definition) is 3. The topological polar surface area (TPSA) is 53.1 Å². The van der Waals surface area contributed by atoms with Gasteiger partial charge in [-0.3, -0.25) is 0 Å². The number of rotatable bonds is 6. The van der Waals surface area contributed by atoms with E-state index in [1.54, 1.807) is 7.11 Å². The van der Waals surface area contributed by atoms with Gasteiger partial charge in [0.25, 0.3) is 0 Å². The molecule has 1 heterocycles. The molecule has 1 aromatic heterocycles. The number of nitrogen functional groups attached to an aromatic ring is 1. The van der Waals surface area contributed by atoms with Gasteiger partial charge in [-0.05, 0) is 41.8 Å². The zero-order valence-corrected chi connectivity index (χ0v) is 13.3. The number of aromatic nitrogens is 2. The Kier molecular flexibility index (Phi) is 4.62. The van der Waals surface area contributed by atoms with Crippen LogP contribution in [0.15, 0.2) is 60.9 Å². The Hall–Kier alpha value is -2.75. The molecule has 23 heavy (non-hydrogen) atoms. The summed E-state index contributed by atoms with van der Waals surface area (Å²) < 4.78 is 7.38. The standard InChI is InChI=1S/C19H21N3O/c1-23-18-9-4-15(5-10-18)6-11-19-21-12-13-22(19)14-16-2-7-17(20)8-3-16/h2-5,7-10,12-13H,6,11,14,20H2,1H3. The van der Waals surface area contributed by atoms with Crippen LogP contribution in [-0.4, -0.2) is 16.7 Å². The highest BCUT2D eigenvalue weighted by Crippen LogP contribution is 2.14. The summed E-state index contributed by atoms with van der Waals surface area (Å²) in [5.41, 5.74) is 9.04. The molecule has 0 saturated heterocycles. The van der Waals surface area contributed by atoms with Crippen molar-refractivity contribution in [2.45, 2.75) is 19.4 Å². The summed E-state index contributed by atoms with van der Waals surface area (Å²) in [6.07, 6.45) is 5.76. The average Bonchev–Trinajstić information content (AvgIpc) is 3.02. The van der Waals surface area contributed by atoms with E-state index in [4.69, 9.17) is 10.5 Å². The lowest BCUT2D eigenvalue weighted by Crippen LogP contribution is -2.06. The van der Waals surface area contributed by atoms with Gasteiger partial charge in [0.05, 0.1) is 7.11 Å². The second-order valence-corrected chi connectivity index (χ2v) is 5.56. The molecule has 0 spiro atoms. The maximum absolute atomic E-state index is 5.73. The van der Waals surface area contributed by atoms with Crippen molar-refractivity contribution in [1.82, 2.24) is 9.55 Å². The molecule has 2 aromatic carbocycles. The number of benzene rings is 2. The van der Waals surface area contributed by atoms with Gasteiger partial charge < -0.3 is 15.0 Å². The molecule has 2 N–H and O–H groups in total. The summed E-state index contributed by atoms with van der Waals surface area (Å²) in [6, 6.07) is 16.2. The molecule has 0 fully saturated rings. The maximum atomic E-state index is 5.73. The number of methoxy groups -OCH3 is 1. The summed E-state index contributed by atoms with van der Waals surface area (Å²) in [6.45, 7) is 0.818. The zero-order chi connectivity index (χ0) is 16.1. The Bertz CT molecular complexity index is 745. The molecule has 0 unspecified atom stereocenters. The molecule has 4 heteroatoms. The number of aryl methyl sites for hydroxylation is 2. The Balaban J connectivity index is 1.64. The van der Waals surface area contributed by atoms with Crippen LogP contribution in [0.4, 0.5) is 5.69 Å². The van der Waals surface area contributed by atoms with Crippen LogP contribution in [0.1, 0.15) is 17.0 Å². The Labute approximate surface area is 136 Å². The van der Waals surface area contributed by atoms with Crippen LogP contribution in [0.5, 0.6) is 5.75 Å². The molecule has 0 saturated carbocycles. The van der Waals surface area contributed by atoms with Gasteiger partial charge in [0, 0.05) is 31.0 Å². The van der Waals surface area contributed by atoms with Gasteiger partial charge in [-0.1, -0.05) is 24.3 Å². The fraction of sp³-hybridized carbons (Fsp3) is 0.211. The summed E-state index contributed by atoms with van der Waals surface area (Å²) in [4.78, 5) is 4.49. The largest absolute Gasteiger partial charge is 0.497 e. The average molecular weight is 307 g/mol. The van der Waals surface area contributed by atoms with Gasteiger partial charge in [0.2, 0.25) is 0 Å². The van der Waals surface area contributed by atoms with Crippen molar-refractivity contribution in [1.29, 1.82) is 0 Å². The number of imidazole rings is 1. The summed E-state index contributed by atoms with van der Waals surface area (Å²) in [5.74, 6) is 1.98. The first-order valence-electron chi connectivity index (χ1n) is 7.72. The van der Waals surface area contributed by atoms with Crippen molar-refractivity contribution in [2.24, 2.45) is 0 Å². The SMILES string of the molecule is COc1ccc(CCc2nccn2Cc2ccc(N)cc2)cc1. The Morgan fingerprint density at radius 3 is 2.35 bits per heavy atom. The van der Waals surface area contributed by atoms with Crippen LogP contribution < -0.4 is 10.5 Å². The highest BCUT2D eigenvalue weighted by molar-refractivity contribution is 5.39. The molecular weight excluding hydrogens is 286 g/mol. The normalized spacial score (nSPS) is 10.7. The van der Waals surface area contributed by atoms with E-state index >= 15 is 0 Å². The van der Waals surface area contributed by atoms with Crippen LogP contribution in [0, 0.1) is 0 Å². The predicted octanol–water partition coefficient (Wildman–Crippen LogP) is 3.31. The number of ether oxygens (including phenoxy) is 1. The molecule has 0 radical (unpaired) electrons. The first-order chi connectivity index (χ1) is 11.2. The van der Waals surface area contributed by atoms with Gasteiger partial charge in [0.15, 0.2) is 0 Å². The molecular formula is C19H21N3O. The minimum atomic E-state index is 0.791. The zero-order valence-electron chi connectivity index (χ0n) is 13.3. The minimum Gasteiger partial charge on any atom is -0.497 e. The van der Waals surface area contributed by atoms with Gasteiger partial charge >= 0.3 is 0 Å². The van der Waals surface area contributed by atoms with Crippen LogP contribution >= 0.6 is 0 Å². The third-order valence-corrected chi connectivity index (χ3v) is 3.93. The highest BCUT2D eigenvalue weighted by atomic mass is 16.5. The lowest BCUT2D eigenvalue weighted by molar-refractivity contribution is 0.414. The molecule has 3 aromatic rings. The van der Waals surface area contributed by atoms with Crippen molar-refractivity contribution >= 4 is 5.69 Å². The molecule has 0 atom stereocenters. The Morgan fingerprint density at radius 2 is 1.65 bits per heavy atom. The van der Waals surface area contributed by atoms with Gasteiger partial charge in [-0.2, -0.15) is 0 Å². The first kappa shape index (κ1) is 15.2. The van der Waals surface area contributed by atoms with Gasteiger partial charge in [0.1, 0.15) is 11.6 Å². The molecule has 0 amide bonds. The van der Waals surface area contributed by atoms with E-state index < -0.39 is 0 Å². The van der Waals surface area contributed by atoms with Crippen molar-refractivity contribution in [3.05, 3.63) is 77.9 Å². The van der Waals surface area contributed by atoms with E-state index in [0.29, 0.717) is 0 Å². The second kappa shape index (κ2) is 7.01. The van der Waals surface area contributed by atoms with E-state index in [2.05, 4.69) is 33.8 Å². The summed E-state index contributed by atoms with van der Waals surface area (Å²) >= 11 is 0. The highest BCUT2D eigenvalue weighted by Gasteiger charge is 2.05. The monoisotopic (exact) mass is 307 g/mol. The maximum Gasteiger partial charge on any atom is 0.118 e. The van der Waals surface area contributed by atoms with Gasteiger partial charge in [-0.25, -0.2) is 4.98 Å². The van der Waals surface area contributed by atoms with Crippen LogP contribution in [0.3, 0.4) is 0 Å². The predicted molar refractivity (Wildman–Crippen MR) is 92.6 cm³/mol. The van der Waals surface area contributed by atoms with Crippen molar-refractivity contribution < 1.29 is 4.74 Å². The minimum absolute atomic E-state index is 0.791. The number of anilines is 1. The van der Waals surface area contributed by atoms with Crippen LogP contribution in [0.25, 0.3) is 0 Å². The fourth-order valence-electron chi connectivity index (χ4n) is 2.58. The quantitative estimate of drug-likeness (QED) is 0.711. The molecule has 118 valence electrons. The number of nitrogens with two attached hydrogens (primary N) is 1. The van der Waals surface area contributed by atoms with Crippen LogP contribution in [-0.2, 0) is 19.4 Å². The molecule has 0 aliphatic rings. The molecule has 0 aliphatic carbocycles. The van der Waals surface area contributed by atoms with E-state index in [0.717, 1.165) is 36.6 Å². The number of hydrogen-bond donors (Lipinski definition) is 1. The lowest BCUT2D eigenvalue weighted by atomic mass is 10.1. The van der Waals surface area contributed by atoms with Crippen molar-refractivity contribution in [3.63, 3.8) is 0 Å². The number of nitrogens with zero attached hydrogens (tertiary/aromatic N) is 2. The summed E-state index contributed by atoms with van der Waals surface area (Å²) in [5, 5.41) is 0. The smallest absolute Gasteiger partial charge is 0.118 e. The third-order valence-electron chi connectivity index (χ3n) is 3.93. The Morgan fingerprint density at radius 1 is 0.957 bits per heavy atom. The molecule has 3 rings (SSSR count). The summed E-state index contributed by atoms with van der Waals surface area (Å²) in [7, 11) is 1.68. The third kappa shape index (κ3) is 3.92. The van der Waals surface area contributed by atoms with Crippen molar-refractivity contribution in [3.8, 4) is 5.75 Å². The first-order valence-corrected chi connectivity index (χ1v) is 7.72. The van der Waals surface area contributed by atoms with E-state index in [1.165, 1.54) is 11.1 Å². The van der Waals surface area contributed by atoms with Crippen molar-refractivity contribution in [2.75, 3.05) is 12.8 Å². The molecule has 4 nitrogen and oxygen atoms in total. The van der Waals surface area contributed by atoms with E-state index in [9.17, 15) is 0 Å². The molecule has 0 aliphatic heterocycles. The lowest BCUT2D eigenvalue weighted by Gasteiger charge is -2.09. The molecule has 0 bridgehead atoms. The fourth-order valence-corrected chi connectivity index (χ4v) is 2.58. The second-order valence-electron chi connectivity index (χ2n) is 5.56. The van der Waals surface area contributed by atoms with E-state index in [-0.39, 0.29) is 0 Å².